The number of hydrogen-bond donors (Lipinski definition) is 1. The lowest BCUT2D eigenvalue weighted by atomic mass is 9.90. The Labute approximate surface area is 139 Å². The van der Waals surface area contributed by atoms with Crippen molar-refractivity contribution < 1.29 is 9.59 Å². The van der Waals surface area contributed by atoms with E-state index in [1.54, 1.807) is 4.90 Å². The molecule has 1 aromatic carbocycles. The lowest BCUT2D eigenvalue weighted by Gasteiger charge is -2.32. The van der Waals surface area contributed by atoms with E-state index in [0.29, 0.717) is 19.0 Å². The first-order valence-corrected chi connectivity index (χ1v) is 8.61. The van der Waals surface area contributed by atoms with Crippen LogP contribution in [0.25, 0.3) is 0 Å². The lowest BCUT2D eigenvalue weighted by Crippen LogP contribution is -2.48. The number of amides is 2. The summed E-state index contributed by atoms with van der Waals surface area (Å²) in [5, 5.41) is 2.69. The molecule has 4 nitrogen and oxygen atoms in total. The molecule has 1 saturated heterocycles. The molecule has 0 aromatic heterocycles. The monoisotopic (exact) mass is 316 g/mol. The molecule has 1 aliphatic rings. The van der Waals surface area contributed by atoms with Crippen molar-refractivity contribution in [2.45, 2.75) is 52.5 Å². The Kier molecular flexibility index (Phi) is 6.20. The Morgan fingerprint density at radius 2 is 2.04 bits per heavy atom. The Morgan fingerprint density at radius 3 is 2.74 bits per heavy atom. The van der Waals surface area contributed by atoms with Crippen molar-refractivity contribution in [3.8, 4) is 0 Å². The molecular formula is C19H28N2O2. The number of carbonyl (C=O) groups excluding carboxylic acids is 2. The zero-order valence-electron chi connectivity index (χ0n) is 14.5. The second-order valence-electron chi connectivity index (χ2n) is 6.85. The normalized spacial score (nSPS) is 18.1. The topological polar surface area (TPSA) is 49.4 Å². The smallest absolute Gasteiger partial charge is 0.311 e. The SMILES string of the molecule is Cc1ccccc1CC[C@@H]1CCCN(C(=O)C(=O)NC(C)C)C1. The van der Waals surface area contributed by atoms with Gasteiger partial charge < -0.3 is 10.2 Å². The highest BCUT2D eigenvalue weighted by Crippen LogP contribution is 2.22. The largest absolute Gasteiger partial charge is 0.346 e. The van der Waals surface area contributed by atoms with Gasteiger partial charge in [0.25, 0.3) is 0 Å². The molecule has 1 fully saturated rings. The van der Waals surface area contributed by atoms with Gasteiger partial charge in [0.05, 0.1) is 0 Å². The van der Waals surface area contributed by atoms with Crippen molar-refractivity contribution in [1.82, 2.24) is 10.2 Å². The highest BCUT2D eigenvalue weighted by Gasteiger charge is 2.27. The predicted molar refractivity (Wildman–Crippen MR) is 92.1 cm³/mol. The summed E-state index contributed by atoms with van der Waals surface area (Å²) < 4.78 is 0. The van der Waals surface area contributed by atoms with Crippen LogP contribution in [-0.2, 0) is 16.0 Å². The summed E-state index contributed by atoms with van der Waals surface area (Å²) in [5.41, 5.74) is 2.71. The Bertz CT molecular complexity index is 554. The molecule has 0 aliphatic carbocycles. The summed E-state index contributed by atoms with van der Waals surface area (Å²) in [6, 6.07) is 8.45. The van der Waals surface area contributed by atoms with Crippen LogP contribution in [0.4, 0.5) is 0 Å². The third kappa shape index (κ3) is 5.08. The van der Waals surface area contributed by atoms with Crippen molar-refractivity contribution in [3.05, 3.63) is 35.4 Å². The average molecular weight is 316 g/mol. The van der Waals surface area contributed by atoms with Gasteiger partial charge in [-0.1, -0.05) is 24.3 Å². The molecule has 2 amide bonds. The quantitative estimate of drug-likeness (QED) is 0.868. The first-order chi connectivity index (χ1) is 11.0. The van der Waals surface area contributed by atoms with Gasteiger partial charge in [0.2, 0.25) is 0 Å². The fraction of sp³-hybridized carbons (Fsp3) is 0.579. The van der Waals surface area contributed by atoms with E-state index in [1.807, 2.05) is 13.8 Å². The third-order valence-electron chi connectivity index (χ3n) is 4.50. The molecule has 4 heteroatoms. The van der Waals surface area contributed by atoms with Gasteiger partial charge in [0, 0.05) is 19.1 Å². The van der Waals surface area contributed by atoms with E-state index in [2.05, 4.69) is 36.5 Å². The highest BCUT2D eigenvalue weighted by atomic mass is 16.2. The van der Waals surface area contributed by atoms with E-state index >= 15 is 0 Å². The fourth-order valence-electron chi connectivity index (χ4n) is 3.20. The van der Waals surface area contributed by atoms with Gasteiger partial charge in [-0.2, -0.15) is 0 Å². The van der Waals surface area contributed by atoms with E-state index in [1.165, 1.54) is 11.1 Å². The number of nitrogens with zero attached hydrogens (tertiary/aromatic N) is 1. The van der Waals surface area contributed by atoms with E-state index in [-0.39, 0.29) is 11.9 Å². The molecule has 0 spiro atoms. The molecule has 0 saturated carbocycles. The number of piperidine rings is 1. The number of benzene rings is 1. The van der Waals surface area contributed by atoms with Gasteiger partial charge in [0.1, 0.15) is 0 Å². The molecule has 1 aliphatic heterocycles. The van der Waals surface area contributed by atoms with Crippen LogP contribution in [0.2, 0.25) is 0 Å². The summed E-state index contributed by atoms with van der Waals surface area (Å²) in [6.07, 6.45) is 4.23. The zero-order chi connectivity index (χ0) is 16.8. The van der Waals surface area contributed by atoms with E-state index in [4.69, 9.17) is 0 Å². The van der Waals surface area contributed by atoms with Gasteiger partial charge >= 0.3 is 11.8 Å². The molecule has 126 valence electrons. The van der Waals surface area contributed by atoms with Gasteiger partial charge in [-0.15, -0.1) is 0 Å². The zero-order valence-corrected chi connectivity index (χ0v) is 14.5. The molecule has 1 heterocycles. The standard InChI is InChI=1S/C19H28N2O2/c1-14(2)20-18(22)19(23)21-12-6-8-16(13-21)10-11-17-9-5-4-7-15(17)3/h4-5,7,9,14,16H,6,8,10-13H2,1-3H3,(H,20,22)/t16-/m0/s1. The number of nitrogens with one attached hydrogen (secondary N) is 1. The second-order valence-corrected chi connectivity index (χ2v) is 6.85. The summed E-state index contributed by atoms with van der Waals surface area (Å²) >= 11 is 0. The molecule has 2 rings (SSSR count). The van der Waals surface area contributed by atoms with Crippen LogP contribution in [0.5, 0.6) is 0 Å². The molecule has 1 atom stereocenters. The molecule has 1 N–H and O–H groups in total. The van der Waals surface area contributed by atoms with Crippen LogP contribution in [-0.4, -0.2) is 35.8 Å². The molecule has 1 aromatic rings. The maximum absolute atomic E-state index is 12.2. The second kappa shape index (κ2) is 8.14. The predicted octanol–water partition coefficient (Wildman–Crippen LogP) is 2.69. The van der Waals surface area contributed by atoms with Crippen LogP contribution in [0.15, 0.2) is 24.3 Å². The maximum Gasteiger partial charge on any atom is 0.311 e. The van der Waals surface area contributed by atoms with Crippen molar-refractivity contribution in [2.75, 3.05) is 13.1 Å². The number of aryl methyl sites for hydroxylation is 2. The molecule has 23 heavy (non-hydrogen) atoms. The lowest BCUT2D eigenvalue weighted by molar-refractivity contribution is -0.147. The van der Waals surface area contributed by atoms with Crippen molar-refractivity contribution in [2.24, 2.45) is 5.92 Å². The van der Waals surface area contributed by atoms with Crippen molar-refractivity contribution >= 4 is 11.8 Å². The average Bonchev–Trinajstić information content (AvgIpc) is 2.53. The van der Waals surface area contributed by atoms with Crippen LogP contribution < -0.4 is 5.32 Å². The van der Waals surface area contributed by atoms with Crippen LogP contribution >= 0.6 is 0 Å². The van der Waals surface area contributed by atoms with Crippen molar-refractivity contribution in [3.63, 3.8) is 0 Å². The summed E-state index contributed by atoms with van der Waals surface area (Å²) in [4.78, 5) is 25.8. The van der Waals surface area contributed by atoms with Gasteiger partial charge in [-0.05, 0) is 63.5 Å². The molecule has 0 bridgehead atoms. The first-order valence-electron chi connectivity index (χ1n) is 8.61. The number of hydrogen-bond acceptors (Lipinski definition) is 2. The summed E-state index contributed by atoms with van der Waals surface area (Å²) in [6.45, 7) is 7.28. The number of likely N-dealkylation sites (tertiary alicyclic amines) is 1. The molecule has 0 unspecified atom stereocenters. The van der Waals surface area contributed by atoms with Gasteiger partial charge in [-0.3, -0.25) is 9.59 Å². The Morgan fingerprint density at radius 1 is 1.30 bits per heavy atom. The Hall–Kier alpha value is -1.84. The number of rotatable bonds is 4. The minimum absolute atomic E-state index is 0.00640. The van der Waals surface area contributed by atoms with E-state index in [9.17, 15) is 9.59 Å². The summed E-state index contributed by atoms with van der Waals surface area (Å²) in [5.74, 6) is -0.363. The minimum Gasteiger partial charge on any atom is -0.346 e. The van der Waals surface area contributed by atoms with Gasteiger partial charge in [0.15, 0.2) is 0 Å². The highest BCUT2D eigenvalue weighted by molar-refractivity contribution is 6.35. The fourth-order valence-corrected chi connectivity index (χ4v) is 3.20. The summed E-state index contributed by atoms with van der Waals surface area (Å²) in [7, 11) is 0. The third-order valence-corrected chi connectivity index (χ3v) is 4.50. The van der Waals surface area contributed by atoms with Crippen molar-refractivity contribution in [1.29, 1.82) is 0 Å². The van der Waals surface area contributed by atoms with E-state index < -0.39 is 5.91 Å². The number of carbonyl (C=O) groups is 2. The van der Waals surface area contributed by atoms with Crippen LogP contribution in [0.3, 0.4) is 0 Å². The first kappa shape index (κ1) is 17.5. The van der Waals surface area contributed by atoms with Crippen LogP contribution in [0.1, 0.15) is 44.2 Å². The van der Waals surface area contributed by atoms with Crippen LogP contribution in [0, 0.1) is 12.8 Å². The van der Waals surface area contributed by atoms with Gasteiger partial charge in [-0.25, -0.2) is 0 Å². The van der Waals surface area contributed by atoms with E-state index in [0.717, 1.165) is 25.7 Å². The molecule has 0 radical (unpaired) electrons. The maximum atomic E-state index is 12.2. The minimum atomic E-state index is -0.473. The molecular weight excluding hydrogens is 288 g/mol. The Balaban J connectivity index is 1.87.